The SMILES string of the molecule is O=C(NCCc1ccccc1)c1cc2occc2n1CCOc1ccccc1. The summed E-state index contributed by atoms with van der Waals surface area (Å²) in [5, 5.41) is 3.00. The normalized spacial score (nSPS) is 10.9. The Bertz CT molecular complexity index is 1040. The summed E-state index contributed by atoms with van der Waals surface area (Å²) in [6.45, 7) is 1.60. The van der Waals surface area contributed by atoms with Crippen molar-refractivity contribution in [3.63, 3.8) is 0 Å². The molecule has 2 aromatic heterocycles. The maximum absolute atomic E-state index is 12.7. The molecular weight excluding hydrogens is 352 g/mol. The summed E-state index contributed by atoms with van der Waals surface area (Å²) in [6.07, 6.45) is 2.43. The van der Waals surface area contributed by atoms with Crippen LogP contribution in [0.25, 0.3) is 11.1 Å². The van der Waals surface area contributed by atoms with Crippen molar-refractivity contribution in [3.05, 3.63) is 90.3 Å². The van der Waals surface area contributed by atoms with Crippen LogP contribution in [-0.4, -0.2) is 23.6 Å². The van der Waals surface area contributed by atoms with Gasteiger partial charge in [0.2, 0.25) is 0 Å². The molecule has 4 aromatic rings. The Morgan fingerprint density at radius 2 is 1.75 bits per heavy atom. The van der Waals surface area contributed by atoms with Crippen LogP contribution in [0.2, 0.25) is 0 Å². The molecule has 0 saturated heterocycles. The first-order chi connectivity index (χ1) is 13.8. The van der Waals surface area contributed by atoms with Crippen molar-refractivity contribution >= 4 is 17.0 Å². The molecule has 0 fully saturated rings. The van der Waals surface area contributed by atoms with Gasteiger partial charge in [-0.3, -0.25) is 4.79 Å². The van der Waals surface area contributed by atoms with Gasteiger partial charge >= 0.3 is 0 Å². The molecular formula is C23H22N2O3. The molecule has 28 heavy (non-hydrogen) atoms. The first-order valence-electron chi connectivity index (χ1n) is 9.38. The first kappa shape index (κ1) is 17.9. The number of carbonyl (C=O) groups is 1. The first-order valence-corrected chi connectivity index (χ1v) is 9.38. The number of nitrogens with zero attached hydrogens (tertiary/aromatic N) is 1. The summed E-state index contributed by atoms with van der Waals surface area (Å²) in [7, 11) is 0. The van der Waals surface area contributed by atoms with E-state index in [4.69, 9.17) is 9.15 Å². The van der Waals surface area contributed by atoms with Crippen LogP contribution < -0.4 is 10.1 Å². The van der Waals surface area contributed by atoms with E-state index in [1.807, 2.05) is 59.2 Å². The highest BCUT2D eigenvalue weighted by molar-refractivity contribution is 5.97. The number of para-hydroxylation sites is 1. The topological polar surface area (TPSA) is 56.4 Å². The summed E-state index contributed by atoms with van der Waals surface area (Å²) >= 11 is 0. The van der Waals surface area contributed by atoms with E-state index >= 15 is 0 Å². The molecule has 1 N–H and O–H groups in total. The Morgan fingerprint density at radius 3 is 2.54 bits per heavy atom. The number of fused-ring (bicyclic) bond motifs is 1. The average molecular weight is 374 g/mol. The van der Waals surface area contributed by atoms with Gasteiger partial charge in [0.05, 0.1) is 18.3 Å². The fourth-order valence-electron chi connectivity index (χ4n) is 3.23. The van der Waals surface area contributed by atoms with E-state index in [1.54, 1.807) is 12.3 Å². The van der Waals surface area contributed by atoms with Gasteiger partial charge in [0.25, 0.3) is 5.91 Å². The molecule has 1 amide bonds. The van der Waals surface area contributed by atoms with Gasteiger partial charge in [0.1, 0.15) is 18.1 Å². The molecule has 0 unspecified atom stereocenters. The van der Waals surface area contributed by atoms with Crippen molar-refractivity contribution in [1.82, 2.24) is 9.88 Å². The number of nitrogens with one attached hydrogen (secondary N) is 1. The molecule has 5 heteroatoms. The molecule has 2 aromatic carbocycles. The predicted octanol–water partition coefficient (Wildman–Crippen LogP) is 4.29. The minimum Gasteiger partial charge on any atom is -0.492 e. The molecule has 0 atom stereocenters. The molecule has 2 heterocycles. The van der Waals surface area contributed by atoms with Crippen LogP contribution in [0.15, 0.2) is 83.5 Å². The highest BCUT2D eigenvalue weighted by atomic mass is 16.5. The van der Waals surface area contributed by atoms with E-state index in [-0.39, 0.29) is 5.91 Å². The second-order valence-electron chi connectivity index (χ2n) is 6.50. The van der Waals surface area contributed by atoms with Crippen LogP contribution in [0.5, 0.6) is 5.75 Å². The summed E-state index contributed by atoms with van der Waals surface area (Å²) in [4.78, 5) is 12.7. The summed E-state index contributed by atoms with van der Waals surface area (Å²) in [5.41, 5.74) is 3.38. The minimum absolute atomic E-state index is 0.109. The average Bonchev–Trinajstić information content (AvgIpc) is 3.32. The maximum atomic E-state index is 12.7. The van der Waals surface area contributed by atoms with E-state index in [2.05, 4.69) is 17.4 Å². The molecule has 0 spiro atoms. The fourth-order valence-corrected chi connectivity index (χ4v) is 3.23. The van der Waals surface area contributed by atoms with Gasteiger partial charge in [-0.15, -0.1) is 0 Å². The molecule has 0 aliphatic heterocycles. The Kier molecular flexibility index (Phi) is 5.43. The molecule has 0 saturated carbocycles. The van der Waals surface area contributed by atoms with Gasteiger partial charge in [-0.05, 0) is 24.1 Å². The third kappa shape index (κ3) is 4.09. The van der Waals surface area contributed by atoms with Gasteiger partial charge in [0.15, 0.2) is 5.58 Å². The zero-order valence-corrected chi connectivity index (χ0v) is 15.5. The van der Waals surface area contributed by atoms with Crippen LogP contribution >= 0.6 is 0 Å². The summed E-state index contributed by atoms with van der Waals surface area (Å²) in [5.74, 6) is 0.703. The second kappa shape index (κ2) is 8.48. The number of ether oxygens (including phenoxy) is 1. The predicted molar refractivity (Wildman–Crippen MR) is 109 cm³/mol. The molecule has 0 aliphatic rings. The zero-order chi connectivity index (χ0) is 19.2. The van der Waals surface area contributed by atoms with Crippen LogP contribution in [0.4, 0.5) is 0 Å². The highest BCUT2D eigenvalue weighted by Crippen LogP contribution is 2.21. The van der Waals surface area contributed by atoms with Gasteiger partial charge in [-0.1, -0.05) is 48.5 Å². The lowest BCUT2D eigenvalue weighted by Crippen LogP contribution is -2.28. The summed E-state index contributed by atoms with van der Waals surface area (Å²) in [6, 6.07) is 23.4. The molecule has 5 nitrogen and oxygen atoms in total. The van der Waals surface area contributed by atoms with Crippen LogP contribution in [0, 0.1) is 0 Å². The Balaban J connectivity index is 1.42. The van der Waals surface area contributed by atoms with E-state index in [1.165, 1.54) is 5.56 Å². The van der Waals surface area contributed by atoms with Crippen LogP contribution in [0.3, 0.4) is 0 Å². The number of aromatic nitrogens is 1. The number of rotatable bonds is 8. The molecule has 142 valence electrons. The summed E-state index contributed by atoms with van der Waals surface area (Å²) < 4.78 is 13.2. The molecule has 0 aliphatic carbocycles. The maximum Gasteiger partial charge on any atom is 0.268 e. The molecule has 4 rings (SSSR count). The zero-order valence-electron chi connectivity index (χ0n) is 15.5. The van der Waals surface area contributed by atoms with Crippen molar-refractivity contribution < 1.29 is 13.9 Å². The lowest BCUT2D eigenvalue weighted by atomic mass is 10.1. The van der Waals surface area contributed by atoms with Crippen molar-refractivity contribution in [2.75, 3.05) is 13.2 Å². The molecule has 0 bridgehead atoms. The standard InChI is InChI=1S/C23H22N2O3/c26-23(24-13-11-18-7-3-1-4-8-18)21-17-22-20(12-15-28-22)25(21)14-16-27-19-9-5-2-6-10-19/h1-10,12,15,17H,11,13-14,16H2,(H,24,26). The number of hydrogen-bond acceptors (Lipinski definition) is 3. The number of furan rings is 1. The smallest absolute Gasteiger partial charge is 0.268 e. The minimum atomic E-state index is -0.109. The van der Waals surface area contributed by atoms with E-state index in [9.17, 15) is 4.79 Å². The fraction of sp³-hybridized carbons (Fsp3) is 0.174. The van der Waals surface area contributed by atoms with Gasteiger partial charge < -0.3 is 19.0 Å². The number of hydrogen-bond donors (Lipinski definition) is 1. The highest BCUT2D eigenvalue weighted by Gasteiger charge is 2.17. The lowest BCUT2D eigenvalue weighted by Gasteiger charge is -2.12. The largest absolute Gasteiger partial charge is 0.492 e. The monoisotopic (exact) mass is 374 g/mol. The quantitative estimate of drug-likeness (QED) is 0.501. The van der Waals surface area contributed by atoms with E-state index in [0.29, 0.717) is 31.0 Å². The van der Waals surface area contributed by atoms with E-state index in [0.717, 1.165) is 17.7 Å². The lowest BCUT2D eigenvalue weighted by molar-refractivity contribution is 0.0944. The second-order valence-corrected chi connectivity index (χ2v) is 6.50. The van der Waals surface area contributed by atoms with Crippen molar-refractivity contribution in [2.45, 2.75) is 13.0 Å². The number of benzene rings is 2. The Morgan fingerprint density at radius 1 is 1.00 bits per heavy atom. The van der Waals surface area contributed by atoms with Gasteiger partial charge in [-0.2, -0.15) is 0 Å². The van der Waals surface area contributed by atoms with Crippen molar-refractivity contribution in [2.24, 2.45) is 0 Å². The van der Waals surface area contributed by atoms with E-state index < -0.39 is 0 Å². The Hall–Kier alpha value is -3.47. The van der Waals surface area contributed by atoms with Gasteiger partial charge in [-0.25, -0.2) is 0 Å². The van der Waals surface area contributed by atoms with Crippen LogP contribution in [0.1, 0.15) is 16.1 Å². The molecule has 0 radical (unpaired) electrons. The number of amides is 1. The third-order valence-electron chi connectivity index (χ3n) is 4.62. The number of carbonyl (C=O) groups excluding carboxylic acids is 1. The third-order valence-corrected chi connectivity index (χ3v) is 4.62. The van der Waals surface area contributed by atoms with Gasteiger partial charge in [0, 0.05) is 18.7 Å². The van der Waals surface area contributed by atoms with Crippen molar-refractivity contribution in [3.8, 4) is 5.75 Å². The Labute approximate surface area is 163 Å². The van der Waals surface area contributed by atoms with Crippen LogP contribution in [-0.2, 0) is 13.0 Å². The van der Waals surface area contributed by atoms with Crippen molar-refractivity contribution in [1.29, 1.82) is 0 Å².